The molecule has 0 bridgehead atoms. The molecule has 1 aliphatic heterocycles. The topological polar surface area (TPSA) is 69.7 Å². The number of Topliss-reactive ketones (excluding diaryl/α,β-unsaturated/α-hetero) is 1. The molecule has 0 N–H and O–H groups in total. The minimum absolute atomic E-state index is 0.0798. The summed E-state index contributed by atoms with van der Waals surface area (Å²) in [6, 6.07) is 8.92. The van der Waals surface area contributed by atoms with E-state index in [4.69, 9.17) is 9.47 Å². The van der Waals surface area contributed by atoms with Gasteiger partial charge in [-0.1, -0.05) is 37.3 Å². The van der Waals surface area contributed by atoms with E-state index >= 15 is 0 Å². The summed E-state index contributed by atoms with van der Waals surface area (Å²) in [5.74, 6) is -3.41. The number of benzene rings is 1. The van der Waals surface area contributed by atoms with Crippen molar-refractivity contribution < 1.29 is 23.9 Å². The van der Waals surface area contributed by atoms with Crippen LogP contribution >= 0.6 is 0 Å². The SMILES string of the molecule is CCOC(=O)[C@@H]1C(=O)OC(C)(C)[C@@H]1[C@H](CC)C(=O)c1ccccc1. The van der Waals surface area contributed by atoms with Crippen molar-refractivity contribution in [1.29, 1.82) is 0 Å². The van der Waals surface area contributed by atoms with Gasteiger partial charge in [0, 0.05) is 17.4 Å². The minimum Gasteiger partial charge on any atom is -0.465 e. The fraction of sp³-hybridized carbons (Fsp3) is 0.526. The lowest BCUT2D eigenvalue weighted by molar-refractivity contribution is -0.157. The Morgan fingerprint density at radius 3 is 2.38 bits per heavy atom. The molecule has 3 atom stereocenters. The maximum absolute atomic E-state index is 13.0. The first-order valence-corrected chi connectivity index (χ1v) is 8.32. The lowest BCUT2D eigenvalue weighted by atomic mass is 9.70. The fourth-order valence-electron chi connectivity index (χ4n) is 3.55. The van der Waals surface area contributed by atoms with E-state index in [0.717, 1.165) is 0 Å². The van der Waals surface area contributed by atoms with Crippen LogP contribution in [0.25, 0.3) is 0 Å². The number of ether oxygens (including phenoxy) is 2. The molecule has 0 amide bonds. The molecule has 5 heteroatoms. The summed E-state index contributed by atoms with van der Waals surface area (Å²) in [4.78, 5) is 37.5. The second-order valence-corrected chi connectivity index (χ2v) is 6.53. The molecule has 24 heavy (non-hydrogen) atoms. The number of esters is 2. The lowest BCUT2D eigenvalue weighted by Crippen LogP contribution is -2.42. The van der Waals surface area contributed by atoms with Crippen molar-refractivity contribution in [2.75, 3.05) is 6.61 Å². The van der Waals surface area contributed by atoms with Crippen molar-refractivity contribution >= 4 is 17.7 Å². The molecule has 0 unspecified atom stereocenters. The third-order valence-electron chi connectivity index (χ3n) is 4.59. The van der Waals surface area contributed by atoms with Crippen molar-refractivity contribution in [3.8, 4) is 0 Å². The van der Waals surface area contributed by atoms with Crippen LogP contribution in [0.3, 0.4) is 0 Å². The molecule has 0 aliphatic carbocycles. The quantitative estimate of drug-likeness (QED) is 0.455. The highest BCUT2D eigenvalue weighted by molar-refractivity contribution is 6.01. The normalized spacial score (nSPS) is 23.4. The van der Waals surface area contributed by atoms with E-state index in [9.17, 15) is 14.4 Å². The zero-order valence-corrected chi connectivity index (χ0v) is 14.6. The van der Waals surface area contributed by atoms with Crippen LogP contribution in [-0.2, 0) is 19.1 Å². The van der Waals surface area contributed by atoms with Crippen molar-refractivity contribution in [3.63, 3.8) is 0 Å². The van der Waals surface area contributed by atoms with Crippen LogP contribution in [0, 0.1) is 17.8 Å². The second kappa shape index (κ2) is 7.16. The number of cyclic esters (lactones) is 1. The third kappa shape index (κ3) is 3.35. The molecule has 1 saturated heterocycles. The number of rotatable bonds is 6. The number of ketones is 1. The Morgan fingerprint density at radius 2 is 1.83 bits per heavy atom. The van der Waals surface area contributed by atoms with Gasteiger partial charge < -0.3 is 9.47 Å². The highest BCUT2D eigenvalue weighted by Gasteiger charge is 2.58. The maximum atomic E-state index is 13.0. The zero-order chi connectivity index (χ0) is 17.9. The number of hydrogen-bond donors (Lipinski definition) is 0. The first-order chi connectivity index (χ1) is 11.3. The highest BCUT2D eigenvalue weighted by atomic mass is 16.6. The summed E-state index contributed by atoms with van der Waals surface area (Å²) in [5.41, 5.74) is -0.332. The average molecular weight is 332 g/mol. The fourth-order valence-corrected chi connectivity index (χ4v) is 3.55. The molecule has 0 radical (unpaired) electrons. The minimum atomic E-state index is -1.06. The van der Waals surface area contributed by atoms with Crippen LogP contribution in [0.2, 0.25) is 0 Å². The second-order valence-electron chi connectivity index (χ2n) is 6.53. The van der Waals surface area contributed by atoms with Gasteiger partial charge in [0.25, 0.3) is 0 Å². The molecule has 1 aliphatic rings. The van der Waals surface area contributed by atoms with Gasteiger partial charge in [-0.2, -0.15) is 0 Å². The Labute approximate surface area is 142 Å². The molecule has 0 saturated carbocycles. The van der Waals surface area contributed by atoms with Gasteiger partial charge >= 0.3 is 11.9 Å². The van der Waals surface area contributed by atoms with Gasteiger partial charge in [0.15, 0.2) is 11.7 Å². The smallest absolute Gasteiger partial charge is 0.321 e. The van der Waals surface area contributed by atoms with Crippen LogP contribution in [0.1, 0.15) is 44.5 Å². The summed E-state index contributed by atoms with van der Waals surface area (Å²) in [7, 11) is 0. The molecular formula is C19H24O5. The standard InChI is InChI=1S/C19H24O5/c1-5-13(16(20)12-10-8-7-9-11-12)15-14(17(21)23-6-2)18(22)24-19(15,3)4/h7-11,13-15H,5-6H2,1-4H3/t13-,14+,15+/m0/s1. The third-order valence-corrected chi connectivity index (χ3v) is 4.59. The zero-order valence-electron chi connectivity index (χ0n) is 14.6. The summed E-state index contributed by atoms with van der Waals surface area (Å²) < 4.78 is 10.5. The number of carbonyl (C=O) groups is 3. The van der Waals surface area contributed by atoms with Gasteiger partial charge in [-0.05, 0) is 27.2 Å². The molecular weight excluding hydrogens is 308 g/mol. The van der Waals surface area contributed by atoms with Crippen LogP contribution in [0.4, 0.5) is 0 Å². The van der Waals surface area contributed by atoms with E-state index in [0.29, 0.717) is 12.0 Å². The van der Waals surface area contributed by atoms with E-state index in [1.54, 1.807) is 45.0 Å². The molecule has 0 aromatic heterocycles. The highest BCUT2D eigenvalue weighted by Crippen LogP contribution is 2.44. The van der Waals surface area contributed by atoms with Gasteiger partial charge in [0.2, 0.25) is 0 Å². The predicted octanol–water partition coefficient (Wildman–Crippen LogP) is 3.03. The summed E-state index contributed by atoms with van der Waals surface area (Å²) in [5, 5.41) is 0. The van der Waals surface area contributed by atoms with Crippen molar-refractivity contribution in [2.24, 2.45) is 17.8 Å². The van der Waals surface area contributed by atoms with Crippen molar-refractivity contribution in [3.05, 3.63) is 35.9 Å². The Hall–Kier alpha value is -2.17. The van der Waals surface area contributed by atoms with Gasteiger partial charge in [-0.15, -0.1) is 0 Å². The summed E-state index contributed by atoms with van der Waals surface area (Å²) in [6.07, 6.45) is 0.508. The number of hydrogen-bond acceptors (Lipinski definition) is 5. The predicted molar refractivity (Wildman–Crippen MR) is 88.3 cm³/mol. The largest absolute Gasteiger partial charge is 0.465 e. The van der Waals surface area contributed by atoms with Crippen molar-refractivity contribution in [2.45, 2.75) is 39.7 Å². The molecule has 1 fully saturated rings. The van der Waals surface area contributed by atoms with Crippen LogP contribution in [-0.4, -0.2) is 29.9 Å². The molecule has 1 aromatic rings. The molecule has 1 aromatic carbocycles. The Morgan fingerprint density at radius 1 is 1.21 bits per heavy atom. The van der Waals surface area contributed by atoms with Crippen LogP contribution in [0.5, 0.6) is 0 Å². The summed E-state index contributed by atoms with van der Waals surface area (Å²) in [6.45, 7) is 7.24. The van der Waals surface area contributed by atoms with Gasteiger partial charge in [-0.25, -0.2) is 0 Å². The van der Waals surface area contributed by atoms with E-state index in [-0.39, 0.29) is 12.4 Å². The van der Waals surface area contributed by atoms with Gasteiger partial charge in [0.1, 0.15) is 5.60 Å². The van der Waals surface area contributed by atoms with E-state index in [2.05, 4.69) is 0 Å². The Kier molecular flexibility index (Phi) is 5.42. The molecule has 2 rings (SSSR count). The first-order valence-electron chi connectivity index (χ1n) is 8.32. The molecule has 0 spiro atoms. The number of carbonyl (C=O) groups excluding carboxylic acids is 3. The van der Waals surface area contributed by atoms with Gasteiger partial charge in [0.05, 0.1) is 6.61 Å². The monoisotopic (exact) mass is 332 g/mol. The molecule has 130 valence electrons. The molecule has 1 heterocycles. The van der Waals surface area contributed by atoms with E-state index < -0.39 is 35.3 Å². The summed E-state index contributed by atoms with van der Waals surface area (Å²) >= 11 is 0. The Bertz CT molecular complexity index is 620. The van der Waals surface area contributed by atoms with E-state index in [1.807, 2.05) is 13.0 Å². The van der Waals surface area contributed by atoms with Crippen LogP contribution < -0.4 is 0 Å². The van der Waals surface area contributed by atoms with Crippen LogP contribution in [0.15, 0.2) is 30.3 Å². The maximum Gasteiger partial charge on any atom is 0.321 e. The Balaban J connectivity index is 2.40. The van der Waals surface area contributed by atoms with Crippen molar-refractivity contribution in [1.82, 2.24) is 0 Å². The molecule has 5 nitrogen and oxygen atoms in total. The van der Waals surface area contributed by atoms with Gasteiger partial charge in [-0.3, -0.25) is 14.4 Å². The lowest BCUT2D eigenvalue weighted by Gasteiger charge is -2.32. The van der Waals surface area contributed by atoms with E-state index in [1.165, 1.54) is 0 Å². The average Bonchev–Trinajstić information content (AvgIpc) is 2.78. The first kappa shape index (κ1) is 18.2.